The van der Waals surface area contributed by atoms with Crippen LogP contribution in [0.1, 0.15) is 11.5 Å². The van der Waals surface area contributed by atoms with Gasteiger partial charge in [0.1, 0.15) is 11.9 Å². The van der Waals surface area contributed by atoms with Crippen LogP contribution in [0.4, 0.5) is 14.9 Å². The van der Waals surface area contributed by atoms with Crippen molar-refractivity contribution >= 4 is 29.4 Å². The summed E-state index contributed by atoms with van der Waals surface area (Å²) in [5, 5.41) is 8.10. The summed E-state index contributed by atoms with van der Waals surface area (Å²) in [5.74, 6) is -0.731. The van der Waals surface area contributed by atoms with Gasteiger partial charge in [0.05, 0.1) is 0 Å². The van der Waals surface area contributed by atoms with Crippen LogP contribution in [0.15, 0.2) is 53.4 Å². The van der Waals surface area contributed by atoms with Crippen LogP contribution in [-0.4, -0.2) is 30.8 Å². The molecule has 3 N–H and O–H groups in total. The summed E-state index contributed by atoms with van der Waals surface area (Å²) in [7, 11) is 0. The van der Waals surface area contributed by atoms with E-state index in [-0.39, 0.29) is 17.6 Å². The van der Waals surface area contributed by atoms with E-state index in [0.29, 0.717) is 12.2 Å². The summed E-state index contributed by atoms with van der Waals surface area (Å²) in [6.45, 7) is 0.471. The second-order valence-electron chi connectivity index (χ2n) is 5.71. The molecule has 1 aliphatic heterocycles. The largest absolute Gasteiger partial charge is 0.354 e. The van der Waals surface area contributed by atoms with Gasteiger partial charge in [-0.05, 0) is 48.2 Å². The van der Waals surface area contributed by atoms with E-state index in [2.05, 4.69) is 16.0 Å². The summed E-state index contributed by atoms with van der Waals surface area (Å²) >= 11 is 1.65. The number of nitrogens with one attached hydrogen (secondary N) is 3. The number of carbonyl (C=O) groups is 2. The number of halogens is 1. The molecule has 1 fully saturated rings. The molecule has 0 spiro atoms. The lowest BCUT2D eigenvalue weighted by Gasteiger charge is -2.19. The molecule has 1 aliphatic rings. The second-order valence-corrected chi connectivity index (χ2v) is 6.59. The Kier molecular flexibility index (Phi) is 5.23. The first-order chi connectivity index (χ1) is 12.1. The van der Waals surface area contributed by atoms with E-state index < -0.39 is 12.1 Å². The fourth-order valence-electron chi connectivity index (χ4n) is 2.79. The maximum atomic E-state index is 12.9. The first-order valence-corrected chi connectivity index (χ1v) is 9.04. The minimum atomic E-state index is -0.652. The number of thioether (sulfide) groups is 1. The zero-order valence-electron chi connectivity index (χ0n) is 13.6. The van der Waals surface area contributed by atoms with E-state index in [1.807, 2.05) is 30.5 Å². The first-order valence-electron chi connectivity index (χ1n) is 7.81. The number of anilines is 1. The second kappa shape index (κ2) is 7.57. The Bertz CT molecular complexity index is 765. The maximum Gasteiger partial charge on any atom is 0.319 e. The van der Waals surface area contributed by atoms with E-state index in [4.69, 9.17) is 0 Å². The molecule has 1 saturated heterocycles. The number of rotatable bonds is 4. The van der Waals surface area contributed by atoms with Crippen molar-refractivity contribution in [2.45, 2.75) is 16.9 Å². The third kappa shape index (κ3) is 4.11. The zero-order chi connectivity index (χ0) is 17.8. The molecule has 0 unspecified atom stereocenters. The van der Waals surface area contributed by atoms with Crippen LogP contribution >= 0.6 is 11.8 Å². The molecule has 1 heterocycles. The van der Waals surface area contributed by atoms with Crippen molar-refractivity contribution in [3.8, 4) is 0 Å². The van der Waals surface area contributed by atoms with E-state index in [9.17, 15) is 14.0 Å². The van der Waals surface area contributed by atoms with Gasteiger partial charge < -0.3 is 16.0 Å². The summed E-state index contributed by atoms with van der Waals surface area (Å²) in [6, 6.07) is 12.2. The average molecular weight is 359 g/mol. The van der Waals surface area contributed by atoms with Crippen molar-refractivity contribution in [2.75, 3.05) is 18.1 Å². The highest BCUT2D eigenvalue weighted by Gasteiger charge is 2.36. The number of hydrogen-bond acceptors (Lipinski definition) is 3. The molecule has 0 aromatic heterocycles. The number of hydrogen-bond donors (Lipinski definition) is 3. The van der Waals surface area contributed by atoms with Gasteiger partial charge in [-0.3, -0.25) is 4.79 Å². The Morgan fingerprint density at radius 1 is 1.16 bits per heavy atom. The predicted octanol–water partition coefficient (Wildman–Crippen LogP) is 2.95. The highest BCUT2D eigenvalue weighted by Crippen LogP contribution is 2.26. The van der Waals surface area contributed by atoms with Crippen LogP contribution in [0.2, 0.25) is 0 Å². The molecule has 130 valence electrons. The topological polar surface area (TPSA) is 70.2 Å². The smallest absolute Gasteiger partial charge is 0.319 e. The predicted molar refractivity (Wildman–Crippen MR) is 96.3 cm³/mol. The lowest BCUT2D eigenvalue weighted by atomic mass is 9.94. The van der Waals surface area contributed by atoms with Gasteiger partial charge in [-0.1, -0.05) is 12.1 Å². The van der Waals surface area contributed by atoms with Crippen LogP contribution < -0.4 is 16.0 Å². The lowest BCUT2D eigenvalue weighted by Crippen LogP contribution is -2.44. The highest BCUT2D eigenvalue weighted by molar-refractivity contribution is 7.98. The van der Waals surface area contributed by atoms with Crippen molar-refractivity contribution in [1.82, 2.24) is 10.6 Å². The van der Waals surface area contributed by atoms with Gasteiger partial charge in [0.2, 0.25) is 5.91 Å². The van der Waals surface area contributed by atoms with Crippen molar-refractivity contribution < 1.29 is 14.0 Å². The van der Waals surface area contributed by atoms with Crippen molar-refractivity contribution in [3.05, 3.63) is 59.9 Å². The number of urea groups is 1. The van der Waals surface area contributed by atoms with Crippen LogP contribution in [0.5, 0.6) is 0 Å². The van der Waals surface area contributed by atoms with Crippen molar-refractivity contribution in [3.63, 3.8) is 0 Å². The van der Waals surface area contributed by atoms with E-state index in [1.54, 1.807) is 11.8 Å². The van der Waals surface area contributed by atoms with Gasteiger partial charge in [0.15, 0.2) is 0 Å². The molecule has 2 aromatic carbocycles. The van der Waals surface area contributed by atoms with Crippen LogP contribution in [0.25, 0.3) is 0 Å². The SMILES string of the molecule is CSc1ccc([C@@H]2CNC(=O)[C@H]2NC(=O)Nc2ccc(F)cc2)cc1. The van der Waals surface area contributed by atoms with Gasteiger partial charge in [-0.15, -0.1) is 11.8 Å². The molecular weight excluding hydrogens is 341 g/mol. The third-order valence-electron chi connectivity index (χ3n) is 4.11. The normalized spacial score (nSPS) is 19.4. The fraction of sp³-hybridized carbons (Fsp3) is 0.222. The lowest BCUT2D eigenvalue weighted by molar-refractivity contribution is -0.120. The molecule has 3 rings (SSSR count). The van der Waals surface area contributed by atoms with E-state index >= 15 is 0 Å². The highest BCUT2D eigenvalue weighted by atomic mass is 32.2. The molecule has 0 saturated carbocycles. The van der Waals surface area contributed by atoms with Crippen LogP contribution in [0.3, 0.4) is 0 Å². The minimum absolute atomic E-state index is 0.137. The Balaban J connectivity index is 1.68. The molecule has 3 amide bonds. The fourth-order valence-corrected chi connectivity index (χ4v) is 3.20. The van der Waals surface area contributed by atoms with Crippen LogP contribution in [-0.2, 0) is 4.79 Å². The van der Waals surface area contributed by atoms with Gasteiger partial charge in [0.25, 0.3) is 0 Å². The molecule has 2 aromatic rings. The molecule has 7 heteroatoms. The Labute approximate surface area is 149 Å². The van der Waals surface area contributed by atoms with Crippen molar-refractivity contribution in [1.29, 1.82) is 0 Å². The quantitative estimate of drug-likeness (QED) is 0.735. The first kappa shape index (κ1) is 17.3. The summed E-state index contributed by atoms with van der Waals surface area (Å²) in [4.78, 5) is 25.4. The molecule has 5 nitrogen and oxygen atoms in total. The van der Waals surface area contributed by atoms with E-state index in [0.717, 1.165) is 10.5 Å². The number of carbonyl (C=O) groups excluding carboxylic acids is 2. The standard InChI is InChI=1S/C18H18FN3O2S/c1-25-14-8-2-11(3-9-14)15-10-20-17(23)16(15)22-18(24)21-13-6-4-12(19)5-7-13/h2-9,15-16H,10H2,1H3,(H,20,23)(H2,21,22,24)/t15-,16-/m0/s1. The summed E-state index contributed by atoms with van der Waals surface area (Å²) in [6.07, 6.45) is 2.00. The number of amides is 3. The Morgan fingerprint density at radius 2 is 1.84 bits per heavy atom. The van der Waals surface area contributed by atoms with Gasteiger partial charge in [0, 0.05) is 23.0 Å². The molecule has 0 radical (unpaired) electrons. The maximum absolute atomic E-state index is 12.9. The monoisotopic (exact) mass is 359 g/mol. The molecular formula is C18H18FN3O2S. The van der Waals surface area contributed by atoms with Crippen LogP contribution in [0, 0.1) is 5.82 Å². The molecule has 25 heavy (non-hydrogen) atoms. The third-order valence-corrected chi connectivity index (χ3v) is 4.86. The van der Waals surface area contributed by atoms with E-state index in [1.165, 1.54) is 24.3 Å². The van der Waals surface area contributed by atoms with Gasteiger partial charge in [-0.25, -0.2) is 9.18 Å². The van der Waals surface area contributed by atoms with Gasteiger partial charge >= 0.3 is 6.03 Å². The molecule has 0 bridgehead atoms. The number of benzene rings is 2. The average Bonchev–Trinajstić information content (AvgIpc) is 2.98. The minimum Gasteiger partial charge on any atom is -0.354 e. The molecule has 0 aliphatic carbocycles. The van der Waals surface area contributed by atoms with Crippen molar-refractivity contribution in [2.24, 2.45) is 0 Å². The Hall–Kier alpha value is -2.54. The summed E-state index contributed by atoms with van der Waals surface area (Å²) in [5.41, 5.74) is 1.45. The Morgan fingerprint density at radius 3 is 2.48 bits per heavy atom. The zero-order valence-corrected chi connectivity index (χ0v) is 14.4. The summed E-state index contributed by atoms with van der Waals surface area (Å²) < 4.78 is 12.9. The molecule has 2 atom stereocenters. The van der Waals surface area contributed by atoms with Gasteiger partial charge in [-0.2, -0.15) is 0 Å².